The van der Waals surface area contributed by atoms with Crippen molar-refractivity contribution in [1.82, 2.24) is 19.5 Å². The summed E-state index contributed by atoms with van der Waals surface area (Å²) >= 11 is 0. The summed E-state index contributed by atoms with van der Waals surface area (Å²) in [6, 6.07) is 10.0. The van der Waals surface area contributed by atoms with Crippen molar-refractivity contribution in [3.63, 3.8) is 0 Å². The number of urea groups is 1. The average molecular weight is 497 g/mol. The number of para-hydroxylation sites is 1. The van der Waals surface area contributed by atoms with E-state index in [1.807, 2.05) is 37.3 Å². The highest BCUT2D eigenvalue weighted by molar-refractivity contribution is 7.99. The van der Waals surface area contributed by atoms with E-state index in [0.29, 0.717) is 17.3 Å². The lowest BCUT2D eigenvalue weighted by molar-refractivity contribution is 0.0711. The van der Waals surface area contributed by atoms with E-state index in [2.05, 4.69) is 15.1 Å². The number of anilines is 1. The van der Waals surface area contributed by atoms with E-state index >= 15 is 0 Å². The zero-order valence-electron chi connectivity index (χ0n) is 20.2. The van der Waals surface area contributed by atoms with E-state index in [9.17, 15) is 14.1 Å². The first-order chi connectivity index (χ1) is 16.5. The summed E-state index contributed by atoms with van der Waals surface area (Å²) in [6.07, 6.45) is 4.98. The van der Waals surface area contributed by atoms with Crippen molar-refractivity contribution < 1.29 is 14.1 Å². The fourth-order valence-electron chi connectivity index (χ4n) is 4.71. The Balaban J connectivity index is 1.43. The molecule has 0 aliphatic heterocycles. The van der Waals surface area contributed by atoms with Gasteiger partial charge in [-0.1, -0.05) is 18.2 Å². The van der Waals surface area contributed by atoms with Crippen molar-refractivity contribution in [2.24, 2.45) is 5.14 Å². The second kappa shape index (κ2) is 8.54. The third-order valence-electron chi connectivity index (χ3n) is 6.64. The molecule has 1 saturated carbocycles. The summed E-state index contributed by atoms with van der Waals surface area (Å²) in [5.41, 5.74) is 4.66. The molecule has 3 aromatic rings. The predicted molar refractivity (Wildman–Crippen MR) is 136 cm³/mol. The molecule has 2 amide bonds. The number of amides is 2. The number of rotatable bonds is 6. The highest BCUT2D eigenvalue weighted by atomic mass is 32.3. The minimum Gasteiger partial charge on any atom is -0.384 e. The second-order valence-corrected chi connectivity index (χ2v) is 12.0. The molecule has 5 N–H and O–H groups in total. The van der Waals surface area contributed by atoms with Gasteiger partial charge in [-0.3, -0.25) is 14.8 Å². The Labute approximate surface area is 205 Å². The lowest BCUT2D eigenvalue weighted by atomic mass is 10.0. The van der Waals surface area contributed by atoms with Gasteiger partial charge in [0.25, 0.3) is 0 Å². The topological polar surface area (TPSA) is 135 Å². The molecule has 9 nitrogen and oxygen atoms in total. The SMILES string of the molecule is Cc1c(C2CC2)nc2c(c1NC(=O)N[SH](N)(=O)c1cc(C(C)(C)O)n(-c3ccccc3)n1)CCC2. The maximum absolute atomic E-state index is 13.5. The van der Waals surface area contributed by atoms with Gasteiger partial charge >= 0.3 is 6.03 Å². The molecule has 35 heavy (non-hydrogen) atoms. The van der Waals surface area contributed by atoms with Crippen molar-refractivity contribution in [2.75, 3.05) is 5.32 Å². The fourth-order valence-corrected chi connectivity index (χ4v) is 5.72. The number of thiol groups is 1. The van der Waals surface area contributed by atoms with E-state index in [1.54, 1.807) is 13.8 Å². The molecule has 0 bridgehead atoms. The number of nitrogens with zero attached hydrogens (tertiary/aromatic N) is 3. The Bertz CT molecular complexity index is 1340. The van der Waals surface area contributed by atoms with Crippen LogP contribution in [0.4, 0.5) is 10.5 Å². The maximum atomic E-state index is 13.5. The van der Waals surface area contributed by atoms with Gasteiger partial charge < -0.3 is 10.4 Å². The van der Waals surface area contributed by atoms with Gasteiger partial charge in [-0.2, -0.15) is 5.10 Å². The highest BCUT2D eigenvalue weighted by Gasteiger charge is 2.32. The number of nitrogens with two attached hydrogens (primary N) is 1. The smallest absolute Gasteiger partial charge is 0.330 e. The first-order valence-corrected chi connectivity index (χ1v) is 13.7. The number of nitrogens with one attached hydrogen (secondary N) is 2. The van der Waals surface area contributed by atoms with E-state index in [-0.39, 0.29) is 5.03 Å². The van der Waals surface area contributed by atoms with Crippen LogP contribution in [0.2, 0.25) is 0 Å². The molecule has 0 atom stereocenters. The standard InChI is InChI=1S/C25H32N6O3S/c1-15-22(16-12-13-16)27-19-11-7-10-18(19)23(15)28-24(32)30-35(26,34)21-14-20(25(2,3)33)31(29-21)17-8-5-4-6-9-17/h4-6,8-9,14,16,33,35H,7,10-13H2,1-3H3,(H4,26,27,28,30,32,34). The number of benzene rings is 1. The Morgan fingerprint density at radius 1 is 1.23 bits per heavy atom. The molecule has 2 aromatic heterocycles. The van der Waals surface area contributed by atoms with Crippen molar-refractivity contribution in [3.05, 3.63) is 64.6 Å². The first kappa shape index (κ1) is 23.7. The van der Waals surface area contributed by atoms with Crippen LogP contribution in [0.3, 0.4) is 0 Å². The van der Waals surface area contributed by atoms with Crippen LogP contribution in [-0.4, -0.2) is 30.1 Å². The number of aromatic nitrogens is 3. The first-order valence-electron chi connectivity index (χ1n) is 11.9. The van der Waals surface area contributed by atoms with Crippen LogP contribution in [0.15, 0.2) is 41.4 Å². The molecular weight excluding hydrogens is 464 g/mol. The van der Waals surface area contributed by atoms with Crippen LogP contribution in [0.25, 0.3) is 5.69 Å². The van der Waals surface area contributed by atoms with Gasteiger partial charge in [0.15, 0.2) is 5.03 Å². The van der Waals surface area contributed by atoms with E-state index in [1.165, 1.54) is 10.7 Å². The van der Waals surface area contributed by atoms with Crippen molar-refractivity contribution in [2.45, 2.75) is 69.4 Å². The van der Waals surface area contributed by atoms with Crippen LogP contribution in [0.5, 0.6) is 0 Å². The Hall–Kier alpha value is -3.08. The summed E-state index contributed by atoms with van der Waals surface area (Å²) in [5.74, 6) is 0.451. The monoisotopic (exact) mass is 496 g/mol. The zero-order valence-corrected chi connectivity index (χ0v) is 21.1. The molecule has 1 fully saturated rings. The van der Waals surface area contributed by atoms with Crippen molar-refractivity contribution >= 4 is 22.0 Å². The van der Waals surface area contributed by atoms with Gasteiger partial charge in [0.05, 0.1) is 17.1 Å². The number of pyridine rings is 1. The Morgan fingerprint density at radius 3 is 2.60 bits per heavy atom. The zero-order chi connectivity index (χ0) is 25.0. The molecule has 186 valence electrons. The lowest BCUT2D eigenvalue weighted by Crippen LogP contribution is -2.45. The molecule has 0 saturated heterocycles. The fraction of sp³-hybridized carbons (Fsp3) is 0.400. The van der Waals surface area contributed by atoms with Gasteiger partial charge in [-0.25, -0.2) is 13.7 Å². The van der Waals surface area contributed by atoms with Crippen molar-refractivity contribution in [1.29, 1.82) is 0 Å². The molecule has 0 spiro atoms. The molecule has 10 heteroatoms. The van der Waals surface area contributed by atoms with Crippen LogP contribution >= 0.6 is 0 Å². The third kappa shape index (κ3) is 4.61. The summed E-state index contributed by atoms with van der Waals surface area (Å²) in [4.78, 5) is 17.9. The molecular formula is C25H32N6O3S. The van der Waals surface area contributed by atoms with Crippen LogP contribution < -0.4 is 15.2 Å². The largest absolute Gasteiger partial charge is 0.384 e. The summed E-state index contributed by atoms with van der Waals surface area (Å²) in [5, 5.41) is 24.2. The second-order valence-electron chi connectivity index (χ2n) is 9.97. The minimum absolute atomic E-state index is 0.00368. The number of fused-ring (bicyclic) bond motifs is 1. The van der Waals surface area contributed by atoms with Crippen LogP contribution in [-0.2, 0) is 28.7 Å². The quantitative estimate of drug-likeness (QED) is 0.334. The Morgan fingerprint density at radius 2 is 1.94 bits per heavy atom. The molecule has 0 radical (unpaired) electrons. The van der Waals surface area contributed by atoms with Gasteiger partial charge in [0.2, 0.25) is 0 Å². The third-order valence-corrected chi connectivity index (χ3v) is 8.07. The highest BCUT2D eigenvalue weighted by Crippen LogP contribution is 2.44. The summed E-state index contributed by atoms with van der Waals surface area (Å²) in [7, 11) is -3.91. The van der Waals surface area contributed by atoms with E-state index < -0.39 is 21.9 Å². The number of hydrogen-bond donors (Lipinski definition) is 5. The average Bonchev–Trinajstić information content (AvgIpc) is 3.33. The van der Waals surface area contributed by atoms with Gasteiger partial charge in [-0.05, 0) is 76.1 Å². The number of hydrogen-bond acceptors (Lipinski definition) is 5. The number of carbonyl (C=O) groups is 1. The van der Waals surface area contributed by atoms with E-state index in [0.717, 1.165) is 60.3 Å². The number of aryl methyl sites for hydroxylation is 1. The number of carbonyl (C=O) groups excluding carboxylic acids is 1. The van der Waals surface area contributed by atoms with Gasteiger partial charge in [0, 0.05) is 33.7 Å². The normalized spacial score (nSPS) is 16.1. The summed E-state index contributed by atoms with van der Waals surface area (Å²) in [6.45, 7) is 5.20. The van der Waals surface area contributed by atoms with Crippen LogP contribution in [0.1, 0.15) is 67.2 Å². The van der Waals surface area contributed by atoms with Crippen molar-refractivity contribution in [3.8, 4) is 5.69 Å². The molecule has 0 unspecified atom stereocenters. The lowest BCUT2D eigenvalue weighted by Gasteiger charge is -2.21. The number of aliphatic hydroxyl groups is 1. The van der Waals surface area contributed by atoms with E-state index in [4.69, 9.17) is 10.1 Å². The minimum atomic E-state index is -3.91. The predicted octanol–water partition coefficient (Wildman–Crippen LogP) is 3.16. The Kier molecular flexibility index (Phi) is 5.77. The molecule has 2 aliphatic rings. The molecule has 5 rings (SSSR count). The molecule has 2 aliphatic carbocycles. The van der Waals surface area contributed by atoms with Crippen LogP contribution in [0, 0.1) is 6.92 Å². The summed E-state index contributed by atoms with van der Waals surface area (Å²) < 4.78 is 17.4. The van der Waals surface area contributed by atoms with Gasteiger partial charge in [0.1, 0.15) is 5.60 Å². The maximum Gasteiger partial charge on any atom is 0.330 e. The molecule has 1 aromatic carbocycles. The molecule has 2 heterocycles. The van der Waals surface area contributed by atoms with Gasteiger partial charge in [-0.15, -0.1) is 0 Å².